The highest BCUT2D eigenvalue weighted by atomic mass is 79.9. The lowest BCUT2D eigenvalue weighted by atomic mass is 10.2. The molecule has 0 unspecified atom stereocenters. The summed E-state index contributed by atoms with van der Waals surface area (Å²) in [5.74, 6) is -0.276. The van der Waals surface area contributed by atoms with Gasteiger partial charge in [-0.2, -0.15) is 0 Å². The quantitative estimate of drug-likeness (QED) is 0.521. The van der Waals surface area contributed by atoms with Crippen molar-refractivity contribution in [3.63, 3.8) is 0 Å². The number of benzene rings is 2. The van der Waals surface area contributed by atoms with Gasteiger partial charge in [0.15, 0.2) is 0 Å². The van der Waals surface area contributed by atoms with E-state index in [1.165, 1.54) is 6.07 Å². The Balaban J connectivity index is 0.000000459. The monoisotopic (exact) mass is 500 g/mol. The molecule has 2 aromatic rings. The smallest absolute Gasteiger partial charge is 0.126 e. The Morgan fingerprint density at radius 3 is 1.58 bits per heavy atom. The third-order valence-electron chi connectivity index (χ3n) is 4.70. The van der Waals surface area contributed by atoms with Crippen LogP contribution in [0.25, 0.3) is 0 Å². The highest BCUT2D eigenvalue weighted by molar-refractivity contribution is 9.10. The van der Waals surface area contributed by atoms with Gasteiger partial charge in [-0.15, -0.1) is 0 Å². The van der Waals surface area contributed by atoms with E-state index >= 15 is 0 Å². The number of hydrogen-bond donors (Lipinski definition) is 3. The lowest BCUT2D eigenvalue weighted by Crippen LogP contribution is -2.43. The summed E-state index contributed by atoms with van der Waals surface area (Å²) in [6.45, 7) is 12.1. The van der Waals surface area contributed by atoms with Gasteiger partial charge in [0, 0.05) is 62.5 Å². The first-order valence-electron chi connectivity index (χ1n) is 10.0. The summed E-state index contributed by atoms with van der Waals surface area (Å²) in [5.41, 5.74) is 2.52. The summed E-state index contributed by atoms with van der Waals surface area (Å²) in [7, 11) is 0. The van der Waals surface area contributed by atoms with Gasteiger partial charge in [0.1, 0.15) is 11.6 Å². The van der Waals surface area contributed by atoms with Crippen LogP contribution in [0.3, 0.4) is 0 Å². The SMILES string of the molecule is C.C.C1CNCCN1.Cc1cc(Br)ccc1F.Cc1cc(N2CCNCC2)ccc1F. The van der Waals surface area contributed by atoms with E-state index in [1.807, 2.05) is 12.1 Å². The fraction of sp³-hybridized carbons (Fsp3) is 0.500. The normalized spacial score (nSPS) is 15.2. The van der Waals surface area contributed by atoms with Crippen LogP contribution in [0.4, 0.5) is 14.5 Å². The molecule has 0 atom stereocenters. The maximum absolute atomic E-state index is 13.0. The molecule has 0 radical (unpaired) electrons. The standard InChI is InChI=1S/C11H15FN2.C7H6BrF.C4H10N2.2CH4/c1-9-8-10(2-3-11(9)12)14-6-4-13-5-7-14;1-5-4-6(8)2-3-7(5)9;1-2-6-4-3-5-1;;/h2-3,8,13H,4-7H2,1H3;2-4H,1H3;5-6H,1-4H2;2*1H4. The van der Waals surface area contributed by atoms with Crippen LogP contribution in [0.2, 0.25) is 0 Å². The summed E-state index contributed by atoms with van der Waals surface area (Å²) < 4.78 is 26.4. The molecular formula is C24H39BrF2N4. The molecular weight excluding hydrogens is 462 g/mol. The van der Waals surface area contributed by atoms with E-state index in [0.29, 0.717) is 5.56 Å². The Kier molecular flexibility index (Phi) is 15.3. The van der Waals surface area contributed by atoms with Gasteiger partial charge in [-0.05, 0) is 61.4 Å². The summed E-state index contributed by atoms with van der Waals surface area (Å²) in [5, 5.41) is 9.74. The van der Waals surface area contributed by atoms with Gasteiger partial charge >= 0.3 is 0 Å². The molecule has 0 aliphatic carbocycles. The summed E-state index contributed by atoms with van der Waals surface area (Å²) in [6, 6.07) is 10.2. The van der Waals surface area contributed by atoms with Gasteiger partial charge in [0.2, 0.25) is 0 Å². The van der Waals surface area contributed by atoms with Crippen LogP contribution >= 0.6 is 15.9 Å². The highest BCUT2D eigenvalue weighted by Crippen LogP contribution is 2.18. The van der Waals surface area contributed by atoms with Crippen LogP contribution in [-0.4, -0.2) is 52.4 Å². The number of halogens is 3. The van der Waals surface area contributed by atoms with Crippen molar-refractivity contribution in [2.24, 2.45) is 0 Å². The number of anilines is 1. The minimum absolute atomic E-state index is 0. The second-order valence-electron chi connectivity index (χ2n) is 7.06. The van der Waals surface area contributed by atoms with E-state index < -0.39 is 0 Å². The maximum Gasteiger partial charge on any atom is 0.126 e. The van der Waals surface area contributed by atoms with Crippen molar-refractivity contribution >= 4 is 21.6 Å². The molecule has 4 nitrogen and oxygen atoms in total. The first-order valence-corrected chi connectivity index (χ1v) is 10.8. The van der Waals surface area contributed by atoms with Crippen molar-refractivity contribution in [3.05, 3.63) is 63.6 Å². The predicted octanol–water partition coefficient (Wildman–Crippen LogP) is 4.89. The van der Waals surface area contributed by atoms with E-state index in [0.717, 1.165) is 68.1 Å². The minimum atomic E-state index is -0.154. The Bertz CT molecular complexity index is 737. The molecule has 7 heteroatoms. The average molecular weight is 502 g/mol. The summed E-state index contributed by atoms with van der Waals surface area (Å²) in [6.07, 6.45) is 0. The zero-order valence-corrected chi connectivity index (χ0v) is 18.8. The van der Waals surface area contributed by atoms with E-state index in [4.69, 9.17) is 0 Å². The molecule has 0 aromatic heterocycles. The molecule has 31 heavy (non-hydrogen) atoms. The van der Waals surface area contributed by atoms with Crippen LogP contribution in [0.1, 0.15) is 26.0 Å². The zero-order chi connectivity index (χ0) is 21.1. The van der Waals surface area contributed by atoms with Gasteiger partial charge in [-0.3, -0.25) is 0 Å². The molecule has 2 saturated heterocycles. The van der Waals surface area contributed by atoms with Gasteiger partial charge in [0.25, 0.3) is 0 Å². The zero-order valence-electron chi connectivity index (χ0n) is 17.2. The number of nitrogens with one attached hydrogen (secondary N) is 3. The molecule has 2 heterocycles. The molecule has 2 aliphatic heterocycles. The Hall–Kier alpha value is -1.54. The van der Waals surface area contributed by atoms with Crippen LogP contribution in [0, 0.1) is 25.5 Å². The third-order valence-corrected chi connectivity index (χ3v) is 5.19. The van der Waals surface area contributed by atoms with Crippen molar-refractivity contribution in [2.75, 3.05) is 57.3 Å². The van der Waals surface area contributed by atoms with E-state index in [2.05, 4.69) is 36.8 Å². The molecule has 0 spiro atoms. The van der Waals surface area contributed by atoms with Crippen LogP contribution < -0.4 is 20.9 Å². The average Bonchev–Trinajstić information content (AvgIpc) is 2.76. The number of aryl methyl sites for hydroxylation is 2. The fourth-order valence-electron chi connectivity index (χ4n) is 2.96. The Morgan fingerprint density at radius 2 is 1.16 bits per heavy atom. The molecule has 2 aliphatic rings. The van der Waals surface area contributed by atoms with Gasteiger partial charge < -0.3 is 20.9 Å². The van der Waals surface area contributed by atoms with Crippen LogP contribution in [0.15, 0.2) is 40.9 Å². The molecule has 176 valence electrons. The molecule has 0 amide bonds. The van der Waals surface area contributed by atoms with Gasteiger partial charge in [0.05, 0.1) is 0 Å². The van der Waals surface area contributed by atoms with Crippen molar-refractivity contribution in [2.45, 2.75) is 28.7 Å². The number of hydrogen-bond acceptors (Lipinski definition) is 4. The fourth-order valence-corrected chi connectivity index (χ4v) is 3.44. The third kappa shape index (κ3) is 11.1. The Labute approximate surface area is 195 Å². The second kappa shape index (κ2) is 16.1. The van der Waals surface area contributed by atoms with E-state index in [-0.39, 0.29) is 26.5 Å². The molecule has 3 N–H and O–H groups in total. The van der Waals surface area contributed by atoms with Crippen molar-refractivity contribution in [1.29, 1.82) is 0 Å². The van der Waals surface area contributed by atoms with Gasteiger partial charge in [-0.25, -0.2) is 8.78 Å². The second-order valence-corrected chi connectivity index (χ2v) is 7.98. The Morgan fingerprint density at radius 1 is 0.710 bits per heavy atom. The first-order chi connectivity index (χ1) is 14.0. The topological polar surface area (TPSA) is 39.3 Å². The number of rotatable bonds is 1. The van der Waals surface area contributed by atoms with E-state index in [9.17, 15) is 8.78 Å². The summed E-state index contributed by atoms with van der Waals surface area (Å²) in [4.78, 5) is 2.28. The lowest BCUT2D eigenvalue weighted by molar-refractivity contribution is 0.534. The molecule has 0 bridgehead atoms. The van der Waals surface area contributed by atoms with Gasteiger partial charge in [-0.1, -0.05) is 30.8 Å². The number of piperazine rings is 2. The number of nitrogens with zero attached hydrogens (tertiary/aromatic N) is 1. The van der Waals surface area contributed by atoms with Crippen molar-refractivity contribution < 1.29 is 8.78 Å². The molecule has 0 saturated carbocycles. The first kappa shape index (κ1) is 29.5. The van der Waals surface area contributed by atoms with Crippen molar-refractivity contribution in [3.8, 4) is 0 Å². The highest BCUT2D eigenvalue weighted by Gasteiger charge is 2.10. The lowest BCUT2D eigenvalue weighted by Gasteiger charge is -2.29. The molecule has 2 fully saturated rings. The van der Waals surface area contributed by atoms with Crippen LogP contribution in [-0.2, 0) is 0 Å². The maximum atomic E-state index is 13.0. The van der Waals surface area contributed by atoms with Crippen molar-refractivity contribution in [1.82, 2.24) is 16.0 Å². The minimum Gasteiger partial charge on any atom is -0.369 e. The molecule has 2 aromatic carbocycles. The summed E-state index contributed by atoms with van der Waals surface area (Å²) >= 11 is 3.23. The molecule has 4 rings (SSSR count). The van der Waals surface area contributed by atoms with Crippen LogP contribution in [0.5, 0.6) is 0 Å². The van der Waals surface area contributed by atoms with E-state index in [1.54, 1.807) is 32.0 Å². The largest absolute Gasteiger partial charge is 0.369 e. The predicted molar refractivity (Wildman–Crippen MR) is 134 cm³/mol.